The van der Waals surface area contributed by atoms with Crippen LogP contribution in [0.1, 0.15) is 18.0 Å². The number of carbonyl (C=O) groups is 1. The van der Waals surface area contributed by atoms with Gasteiger partial charge in [-0.1, -0.05) is 36.0 Å². The molecule has 5 rings (SSSR count). The van der Waals surface area contributed by atoms with Crippen LogP contribution in [0.2, 0.25) is 0 Å². The Labute approximate surface area is 176 Å². The van der Waals surface area contributed by atoms with Crippen LogP contribution in [0, 0.1) is 6.92 Å². The lowest BCUT2D eigenvalue weighted by molar-refractivity contribution is -0.116. The van der Waals surface area contributed by atoms with E-state index in [1.807, 2.05) is 31.2 Å². The third-order valence-corrected chi connectivity index (χ3v) is 6.17. The molecule has 30 heavy (non-hydrogen) atoms. The summed E-state index contributed by atoms with van der Waals surface area (Å²) in [6.45, 7) is 1.99. The molecule has 1 unspecified atom stereocenters. The minimum Gasteiger partial charge on any atom is -0.311 e. The second-order valence-corrected chi connectivity index (χ2v) is 8.07. The molecule has 1 amide bonds. The van der Waals surface area contributed by atoms with Gasteiger partial charge in [-0.3, -0.25) is 14.2 Å². The summed E-state index contributed by atoms with van der Waals surface area (Å²) in [6, 6.07) is 12.9. The van der Waals surface area contributed by atoms with Crippen molar-refractivity contribution in [2.75, 3.05) is 11.1 Å². The van der Waals surface area contributed by atoms with E-state index in [1.54, 1.807) is 39.8 Å². The van der Waals surface area contributed by atoms with E-state index in [0.29, 0.717) is 27.8 Å². The lowest BCUT2D eigenvalue weighted by atomic mass is 10.2. The fourth-order valence-corrected chi connectivity index (χ4v) is 4.73. The van der Waals surface area contributed by atoms with Crippen molar-refractivity contribution in [2.24, 2.45) is 0 Å². The van der Waals surface area contributed by atoms with E-state index in [-0.39, 0.29) is 23.9 Å². The number of anilines is 1. The highest BCUT2D eigenvalue weighted by Crippen LogP contribution is 2.33. The van der Waals surface area contributed by atoms with E-state index in [0.717, 1.165) is 11.3 Å². The Morgan fingerprint density at radius 1 is 1.23 bits per heavy atom. The summed E-state index contributed by atoms with van der Waals surface area (Å²) in [5.74, 6) is 0.922. The summed E-state index contributed by atoms with van der Waals surface area (Å²) in [5.41, 5.74) is 2.29. The van der Waals surface area contributed by atoms with Crippen LogP contribution in [0.5, 0.6) is 0 Å². The Kier molecular flexibility index (Phi) is 4.59. The van der Waals surface area contributed by atoms with Crippen LogP contribution in [0.4, 0.5) is 5.82 Å². The number of amides is 1. The maximum Gasteiger partial charge on any atom is 0.265 e. The van der Waals surface area contributed by atoms with Gasteiger partial charge in [-0.2, -0.15) is 5.10 Å². The average molecular weight is 418 g/mol. The van der Waals surface area contributed by atoms with Gasteiger partial charge in [0.05, 0.1) is 17.9 Å². The van der Waals surface area contributed by atoms with Crippen LogP contribution in [-0.4, -0.2) is 36.0 Å². The highest BCUT2D eigenvalue weighted by molar-refractivity contribution is 7.99. The first-order chi connectivity index (χ1) is 14.6. The molecule has 4 aromatic rings. The molecular formula is C21H18N6O2S. The normalized spacial score (nSPS) is 15.3. The number of pyridine rings is 1. The monoisotopic (exact) mass is 418 g/mol. The van der Waals surface area contributed by atoms with Gasteiger partial charge in [0.1, 0.15) is 11.2 Å². The molecule has 9 heteroatoms. The fraction of sp³-hybridized carbons (Fsp3) is 0.190. The van der Waals surface area contributed by atoms with Crippen molar-refractivity contribution < 1.29 is 4.79 Å². The van der Waals surface area contributed by atoms with Crippen molar-refractivity contribution in [2.45, 2.75) is 24.5 Å². The Bertz CT molecular complexity index is 1310. The minimum atomic E-state index is -0.264. The van der Waals surface area contributed by atoms with Crippen LogP contribution in [-0.2, 0) is 4.79 Å². The first-order valence-electron chi connectivity index (χ1n) is 9.52. The van der Waals surface area contributed by atoms with Gasteiger partial charge >= 0.3 is 0 Å². The number of carbonyl (C=O) groups excluding carboxylic acids is 1. The molecule has 0 fully saturated rings. The highest BCUT2D eigenvalue weighted by atomic mass is 32.2. The first-order valence-corrected chi connectivity index (χ1v) is 10.5. The largest absolute Gasteiger partial charge is 0.311 e. The van der Waals surface area contributed by atoms with Gasteiger partial charge in [0.2, 0.25) is 5.91 Å². The van der Waals surface area contributed by atoms with Crippen molar-refractivity contribution in [1.82, 2.24) is 24.3 Å². The number of nitrogens with one attached hydrogen (secondary N) is 1. The zero-order chi connectivity index (χ0) is 20.7. The van der Waals surface area contributed by atoms with E-state index in [9.17, 15) is 9.59 Å². The van der Waals surface area contributed by atoms with E-state index in [2.05, 4.69) is 15.4 Å². The van der Waals surface area contributed by atoms with Crippen LogP contribution < -0.4 is 10.9 Å². The number of thioether (sulfide) groups is 1. The molecule has 3 aromatic heterocycles. The van der Waals surface area contributed by atoms with Crippen molar-refractivity contribution in [3.63, 3.8) is 0 Å². The number of rotatable bonds is 4. The summed E-state index contributed by atoms with van der Waals surface area (Å²) >= 11 is 1.48. The van der Waals surface area contributed by atoms with Gasteiger partial charge in [-0.15, -0.1) is 0 Å². The molecule has 150 valence electrons. The van der Waals surface area contributed by atoms with E-state index >= 15 is 0 Å². The number of para-hydroxylation sites is 1. The summed E-state index contributed by atoms with van der Waals surface area (Å²) in [7, 11) is 0. The van der Waals surface area contributed by atoms with E-state index < -0.39 is 0 Å². The number of aromatic nitrogens is 5. The van der Waals surface area contributed by atoms with Gasteiger partial charge in [0, 0.05) is 18.4 Å². The molecule has 0 aliphatic carbocycles. The molecule has 0 saturated heterocycles. The molecule has 1 aliphatic rings. The predicted octanol–water partition coefficient (Wildman–Crippen LogP) is 2.96. The SMILES string of the molecule is Cc1ccccc1-n1ncc2c(=O)n3c(nc21)SCC3CC(=O)Nc1ccccn1. The van der Waals surface area contributed by atoms with Gasteiger partial charge in [-0.05, 0) is 30.7 Å². The molecule has 8 nitrogen and oxygen atoms in total. The van der Waals surface area contributed by atoms with Crippen molar-refractivity contribution in [3.8, 4) is 5.69 Å². The zero-order valence-electron chi connectivity index (χ0n) is 16.1. The van der Waals surface area contributed by atoms with Crippen molar-refractivity contribution in [1.29, 1.82) is 0 Å². The summed E-state index contributed by atoms with van der Waals surface area (Å²) < 4.78 is 3.32. The Morgan fingerprint density at radius 3 is 2.87 bits per heavy atom. The lowest BCUT2D eigenvalue weighted by Gasteiger charge is -2.13. The van der Waals surface area contributed by atoms with Crippen LogP contribution >= 0.6 is 11.8 Å². The summed E-state index contributed by atoms with van der Waals surface area (Å²) in [6.07, 6.45) is 3.35. The molecule has 1 aromatic carbocycles. The van der Waals surface area contributed by atoms with Crippen molar-refractivity contribution >= 4 is 34.5 Å². The third-order valence-electron chi connectivity index (χ3n) is 5.07. The Hall–Kier alpha value is -3.46. The molecule has 1 aliphatic heterocycles. The lowest BCUT2D eigenvalue weighted by Crippen LogP contribution is -2.27. The second kappa shape index (κ2) is 7.42. The number of nitrogens with zero attached hydrogens (tertiary/aromatic N) is 5. The molecule has 0 spiro atoms. The quantitative estimate of drug-likeness (QED) is 0.512. The fourth-order valence-electron chi connectivity index (χ4n) is 3.60. The van der Waals surface area contributed by atoms with Gasteiger partial charge < -0.3 is 5.32 Å². The summed E-state index contributed by atoms with van der Waals surface area (Å²) in [5, 5.41) is 8.24. The van der Waals surface area contributed by atoms with Crippen molar-refractivity contribution in [3.05, 3.63) is 70.8 Å². The van der Waals surface area contributed by atoms with E-state index in [4.69, 9.17) is 4.98 Å². The molecular weight excluding hydrogens is 400 g/mol. The zero-order valence-corrected chi connectivity index (χ0v) is 17.0. The van der Waals surface area contributed by atoms with Gasteiger partial charge in [0.25, 0.3) is 5.56 Å². The standard InChI is InChI=1S/C21H18N6O2S/c1-13-6-2-3-7-16(13)27-19-15(11-23-27)20(29)26-14(12-30-21(26)25-19)10-18(28)24-17-8-4-5-9-22-17/h2-9,11,14H,10,12H2,1H3,(H,22,24,28). The Balaban J connectivity index is 1.48. The number of hydrogen-bond acceptors (Lipinski definition) is 6. The second-order valence-electron chi connectivity index (χ2n) is 7.08. The minimum absolute atomic E-state index is 0.171. The number of benzene rings is 1. The maximum atomic E-state index is 13.2. The molecule has 1 N–H and O–H groups in total. The summed E-state index contributed by atoms with van der Waals surface area (Å²) in [4.78, 5) is 34.5. The molecule has 0 radical (unpaired) electrons. The topological polar surface area (TPSA) is 94.7 Å². The maximum absolute atomic E-state index is 13.2. The predicted molar refractivity (Wildman–Crippen MR) is 115 cm³/mol. The average Bonchev–Trinajstić information content (AvgIpc) is 3.34. The van der Waals surface area contributed by atoms with Crippen LogP contribution in [0.25, 0.3) is 16.7 Å². The smallest absolute Gasteiger partial charge is 0.265 e. The number of hydrogen-bond donors (Lipinski definition) is 1. The first kappa shape index (κ1) is 18.6. The van der Waals surface area contributed by atoms with Crippen LogP contribution in [0.15, 0.2) is 64.8 Å². The van der Waals surface area contributed by atoms with E-state index in [1.165, 1.54) is 11.8 Å². The third kappa shape index (κ3) is 3.17. The van der Waals surface area contributed by atoms with Gasteiger partial charge in [-0.25, -0.2) is 14.6 Å². The Morgan fingerprint density at radius 2 is 2.07 bits per heavy atom. The molecule has 0 bridgehead atoms. The number of aryl methyl sites for hydroxylation is 1. The highest BCUT2D eigenvalue weighted by Gasteiger charge is 2.29. The molecule has 0 saturated carbocycles. The molecule has 4 heterocycles. The number of fused-ring (bicyclic) bond motifs is 2. The van der Waals surface area contributed by atoms with Gasteiger partial charge in [0.15, 0.2) is 10.8 Å². The van der Waals surface area contributed by atoms with Crippen LogP contribution in [0.3, 0.4) is 0 Å². The molecule has 1 atom stereocenters.